The molecule has 4 rings (SSSR count). The molecule has 7 nitrogen and oxygen atoms in total. The Morgan fingerprint density at radius 3 is 2.31 bits per heavy atom. The molecule has 10 heteroatoms. The third kappa shape index (κ3) is 5.09. The van der Waals surface area contributed by atoms with Crippen LogP contribution in [-0.2, 0) is 24.3 Å². The van der Waals surface area contributed by atoms with E-state index < -0.39 is 18.1 Å². The molecule has 2 heterocycles. The Labute approximate surface area is 181 Å². The summed E-state index contributed by atoms with van der Waals surface area (Å²) < 4.78 is 34.1. The van der Waals surface area contributed by atoms with Gasteiger partial charge in [0.05, 0.1) is 0 Å². The molecule has 2 aromatic carbocycles. The molecule has 0 radical (unpaired) electrons. The lowest BCUT2D eigenvalue weighted by Crippen LogP contribution is -2.27. The average molecular weight is 449 g/mol. The van der Waals surface area contributed by atoms with Crippen molar-refractivity contribution in [3.05, 3.63) is 70.9 Å². The Morgan fingerprint density at radius 2 is 1.72 bits per heavy atom. The van der Waals surface area contributed by atoms with E-state index in [1.165, 1.54) is 22.2 Å². The second kappa shape index (κ2) is 9.41. The van der Waals surface area contributed by atoms with Crippen LogP contribution in [-0.4, -0.2) is 51.4 Å². The number of fused-ring (bicyclic) bond motifs is 3. The number of halogens is 3. The SMILES string of the molecule is CN1CCc2c(n(Cc3ccc(C(=O)NO)cc3)c3ccccc23)C1.O=C(O)C(F)(F)F. The van der Waals surface area contributed by atoms with Gasteiger partial charge < -0.3 is 14.6 Å². The van der Waals surface area contributed by atoms with Crippen LogP contribution >= 0.6 is 0 Å². The van der Waals surface area contributed by atoms with E-state index in [0.717, 1.165) is 31.6 Å². The molecular formula is C22H22F3N3O4. The number of carboxylic acids is 1. The molecule has 32 heavy (non-hydrogen) atoms. The van der Waals surface area contributed by atoms with Crippen LogP contribution in [0.25, 0.3) is 10.9 Å². The number of alkyl halides is 3. The van der Waals surface area contributed by atoms with E-state index in [0.29, 0.717) is 5.56 Å². The highest BCUT2D eigenvalue weighted by molar-refractivity contribution is 5.93. The largest absolute Gasteiger partial charge is 0.490 e. The Balaban J connectivity index is 0.000000360. The van der Waals surface area contributed by atoms with E-state index in [9.17, 15) is 18.0 Å². The minimum absolute atomic E-state index is 0.449. The Morgan fingerprint density at radius 1 is 1.09 bits per heavy atom. The lowest BCUT2D eigenvalue weighted by Gasteiger charge is -2.24. The molecule has 0 aliphatic carbocycles. The number of para-hydroxylation sites is 1. The monoisotopic (exact) mass is 449 g/mol. The summed E-state index contributed by atoms with van der Waals surface area (Å²) in [7, 11) is 2.16. The van der Waals surface area contributed by atoms with Crippen LogP contribution in [0.3, 0.4) is 0 Å². The number of benzene rings is 2. The number of likely N-dealkylation sites (N-methyl/N-ethyl adjacent to an activating group) is 1. The number of carbonyl (C=O) groups is 2. The number of carboxylic acid groups (broad SMARTS) is 1. The van der Waals surface area contributed by atoms with Gasteiger partial charge in [0.2, 0.25) is 0 Å². The molecule has 3 N–H and O–H groups in total. The van der Waals surface area contributed by atoms with E-state index in [1.54, 1.807) is 17.6 Å². The minimum atomic E-state index is -5.08. The average Bonchev–Trinajstić information content (AvgIpc) is 3.06. The molecule has 170 valence electrons. The number of hydrogen-bond donors (Lipinski definition) is 3. The molecule has 0 saturated heterocycles. The van der Waals surface area contributed by atoms with Gasteiger partial charge in [-0.2, -0.15) is 13.2 Å². The summed E-state index contributed by atoms with van der Waals surface area (Å²) in [6, 6.07) is 16.0. The van der Waals surface area contributed by atoms with Gasteiger partial charge in [0, 0.05) is 41.8 Å². The van der Waals surface area contributed by atoms with Gasteiger partial charge in [0.25, 0.3) is 5.91 Å². The zero-order chi connectivity index (χ0) is 23.5. The highest BCUT2D eigenvalue weighted by atomic mass is 19.4. The van der Waals surface area contributed by atoms with Crippen LogP contribution in [0.1, 0.15) is 27.2 Å². The molecule has 1 aliphatic rings. The smallest absolute Gasteiger partial charge is 0.475 e. The first kappa shape index (κ1) is 23.3. The number of aliphatic carboxylic acids is 1. The van der Waals surface area contributed by atoms with Crippen LogP contribution in [0.4, 0.5) is 13.2 Å². The lowest BCUT2D eigenvalue weighted by molar-refractivity contribution is -0.192. The van der Waals surface area contributed by atoms with Gasteiger partial charge in [-0.25, -0.2) is 10.3 Å². The van der Waals surface area contributed by atoms with Crippen molar-refractivity contribution < 1.29 is 33.1 Å². The van der Waals surface area contributed by atoms with Crippen molar-refractivity contribution in [2.45, 2.75) is 25.7 Å². The third-order valence-corrected chi connectivity index (χ3v) is 5.26. The van der Waals surface area contributed by atoms with Crippen molar-refractivity contribution in [1.82, 2.24) is 14.9 Å². The van der Waals surface area contributed by atoms with Gasteiger partial charge in [-0.15, -0.1) is 0 Å². The Hall–Kier alpha value is -3.37. The highest BCUT2D eigenvalue weighted by Crippen LogP contribution is 2.31. The molecule has 0 spiro atoms. The maximum atomic E-state index is 11.5. The summed E-state index contributed by atoms with van der Waals surface area (Å²) in [6.07, 6.45) is -4.01. The number of carbonyl (C=O) groups excluding carboxylic acids is 1. The molecule has 0 atom stereocenters. The van der Waals surface area contributed by atoms with Crippen LogP contribution in [0.15, 0.2) is 48.5 Å². The molecule has 1 aliphatic heterocycles. The first-order valence-electron chi connectivity index (χ1n) is 9.72. The van der Waals surface area contributed by atoms with E-state index in [2.05, 4.69) is 40.8 Å². The fourth-order valence-electron chi connectivity index (χ4n) is 3.71. The van der Waals surface area contributed by atoms with Crippen molar-refractivity contribution in [3.63, 3.8) is 0 Å². The standard InChI is InChI=1S/C20H21N3O2.C2HF3O2/c1-22-11-10-17-16-4-2-3-5-18(16)23(19(17)13-22)12-14-6-8-15(9-7-14)20(24)21-25;3-2(4,5)1(6)7/h2-9,25H,10-13H2,1H3,(H,21,24);(H,6,7). The van der Waals surface area contributed by atoms with Gasteiger partial charge in [0.15, 0.2) is 0 Å². The van der Waals surface area contributed by atoms with Crippen LogP contribution in [0, 0.1) is 0 Å². The Kier molecular flexibility index (Phi) is 6.85. The number of amides is 1. The van der Waals surface area contributed by atoms with E-state index in [1.807, 2.05) is 12.1 Å². The summed E-state index contributed by atoms with van der Waals surface area (Å²) in [4.78, 5) is 22.7. The van der Waals surface area contributed by atoms with Gasteiger partial charge in [-0.3, -0.25) is 10.0 Å². The number of hydrogen-bond acceptors (Lipinski definition) is 4. The van der Waals surface area contributed by atoms with Crippen molar-refractivity contribution in [2.24, 2.45) is 0 Å². The number of rotatable bonds is 3. The van der Waals surface area contributed by atoms with Crippen LogP contribution < -0.4 is 5.48 Å². The molecule has 1 aromatic heterocycles. The van der Waals surface area contributed by atoms with Crippen molar-refractivity contribution >= 4 is 22.8 Å². The zero-order valence-electron chi connectivity index (χ0n) is 17.2. The second-order valence-corrected chi connectivity index (χ2v) is 7.46. The fraction of sp³-hybridized carbons (Fsp3) is 0.273. The highest BCUT2D eigenvalue weighted by Gasteiger charge is 2.38. The predicted molar refractivity (Wildman–Crippen MR) is 110 cm³/mol. The number of nitrogens with one attached hydrogen (secondary N) is 1. The van der Waals surface area contributed by atoms with E-state index in [4.69, 9.17) is 15.1 Å². The van der Waals surface area contributed by atoms with E-state index >= 15 is 0 Å². The number of hydroxylamine groups is 1. The van der Waals surface area contributed by atoms with Crippen LogP contribution in [0.2, 0.25) is 0 Å². The molecule has 0 unspecified atom stereocenters. The second-order valence-electron chi connectivity index (χ2n) is 7.46. The fourth-order valence-corrected chi connectivity index (χ4v) is 3.71. The summed E-state index contributed by atoms with van der Waals surface area (Å²) in [5.41, 5.74) is 7.36. The quantitative estimate of drug-likeness (QED) is 0.421. The topological polar surface area (TPSA) is 94.8 Å². The Bertz CT molecular complexity index is 1120. The first-order chi connectivity index (χ1) is 15.1. The van der Waals surface area contributed by atoms with Gasteiger partial charge in [0.1, 0.15) is 0 Å². The normalized spacial score (nSPS) is 13.8. The number of aromatic nitrogens is 1. The van der Waals surface area contributed by atoms with Crippen molar-refractivity contribution in [1.29, 1.82) is 0 Å². The van der Waals surface area contributed by atoms with Gasteiger partial charge in [-0.1, -0.05) is 30.3 Å². The third-order valence-electron chi connectivity index (χ3n) is 5.26. The molecule has 1 amide bonds. The molecule has 0 bridgehead atoms. The lowest BCUT2D eigenvalue weighted by atomic mass is 10.0. The molecule has 3 aromatic rings. The summed E-state index contributed by atoms with van der Waals surface area (Å²) >= 11 is 0. The summed E-state index contributed by atoms with van der Waals surface area (Å²) in [5.74, 6) is -3.25. The minimum Gasteiger partial charge on any atom is -0.475 e. The van der Waals surface area contributed by atoms with Crippen LogP contribution in [0.5, 0.6) is 0 Å². The maximum absolute atomic E-state index is 11.5. The number of nitrogens with zero attached hydrogens (tertiary/aromatic N) is 2. The van der Waals surface area contributed by atoms with E-state index in [-0.39, 0.29) is 0 Å². The predicted octanol–water partition coefficient (Wildman–Crippen LogP) is 3.43. The molecular weight excluding hydrogens is 427 g/mol. The summed E-state index contributed by atoms with van der Waals surface area (Å²) in [6.45, 7) is 2.81. The summed E-state index contributed by atoms with van der Waals surface area (Å²) in [5, 5.41) is 17.2. The molecule has 0 fully saturated rings. The first-order valence-corrected chi connectivity index (χ1v) is 9.72. The molecule has 0 saturated carbocycles. The zero-order valence-corrected chi connectivity index (χ0v) is 17.2. The van der Waals surface area contributed by atoms with Gasteiger partial charge >= 0.3 is 12.1 Å². The maximum Gasteiger partial charge on any atom is 0.490 e. The van der Waals surface area contributed by atoms with Crippen molar-refractivity contribution in [3.8, 4) is 0 Å². The van der Waals surface area contributed by atoms with Gasteiger partial charge in [-0.05, 0) is 42.8 Å². The van der Waals surface area contributed by atoms with Crippen molar-refractivity contribution in [2.75, 3.05) is 13.6 Å².